The molecular weight excluding hydrogens is 1160 g/mol. The lowest BCUT2D eigenvalue weighted by molar-refractivity contribution is -0.137. The molecule has 1 aromatic rings. The average molecular weight is 1260 g/mol. The lowest BCUT2D eigenvalue weighted by Crippen LogP contribution is -2.62. The van der Waals surface area contributed by atoms with Crippen molar-refractivity contribution in [2.75, 3.05) is 52.4 Å². The van der Waals surface area contributed by atoms with Crippen molar-refractivity contribution in [1.82, 2.24) is 63.8 Å². The minimum atomic E-state index is -1.83. The molecule has 0 bridgehead atoms. The second-order valence-electron chi connectivity index (χ2n) is 22.1. The van der Waals surface area contributed by atoms with Crippen molar-refractivity contribution in [3.8, 4) is 0 Å². The predicted octanol–water partition coefficient (Wildman–Crippen LogP) is -10.3. The van der Waals surface area contributed by atoms with Crippen molar-refractivity contribution in [2.45, 2.75) is 177 Å². The Morgan fingerprint density at radius 1 is 0.494 bits per heavy atom. The highest BCUT2D eigenvalue weighted by Gasteiger charge is 2.38. The largest absolute Gasteiger partial charge is 0.391 e. The molecule has 0 saturated carbocycles. The number of benzene rings is 1. The molecule has 0 aromatic heterocycles. The number of amides is 12. The molecule has 0 unspecified atom stereocenters. The fraction of sp³-hybridized carbons (Fsp3) is 0.673. The third-order valence-corrected chi connectivity index (χ3v) is 14.1. The maximum Gasteiger partial charge on any atom is 0.245 e. The first-order valence-electron chi connectivity index (χ1n) is 29.9. The Balaban J connectivity index is 2.70. The smallest absolute Gasteiger partial charge is 0.245 e. The maximum absolute atomic E-state index is 14.6. The van der Waals surface area contributed by atoms with Gasteiger partial charge >= 0.3 is 0 Å². The van der Waals surface area contributed by atoms with Gasteiger partial charge in [-0.3, -0.25) is 57.5 Å². The van der Waals surface area contributed by atoms with Gasteiger partial charge in [0.1, 0.15) is 66.5 Å². The average Bonchev–Trinajstić information content (AvgIpc) is 3.00. The monoisotopic (exact) mass is 1260 g/mol. The number of rotatable bonds is 30. The fourth-order valence-corrected chi connectivity index (χ4v) is 9.17. The van der Waals surface area contributed by atoms with Crippen molar-refractivity contribution < 1.29 is 67.7 Å². The predicted molar refractivity (Wildman–Crippen MR) is 326 cm³/mol. The Morgan fingerprint density at radius 3 is 1.38 bits per heavy atom. The van der Waals surface area contributed by atoms with Gasteiger partial charge in [0.05, 0.1) is 18.2 Å². The number of nitrogens with one attached hydrogen (secondary N) is 12. The molecule has 1 heterocycles. The molecule has 1 aliphatic heterocycles. The van der Waals surface area contributed by atoms with Gasteiger partial charge in [0.15, 0.2) is 0 Å². The first-order chi connectivity index (χ1) is 42.2. The van der Waals surface area contributed by atoms with E-state index in [9.17, 15) is 67.7 Å². The summed E-state index contributed by atoms with van der Waals surface area (Å²) in [6, 6.07) is -9.32. The van der Waals surface area contributed by atoms with Crippen LogP contribution in [-0.4, -0.2) is 218 Å². The van der Waals surface area contributed by atoms with E-state index >= 15 is 0 Å². The molecule has 1 aromatic carbocycles. The zero-order valence-electron chi connectivity index (χ0n) is 51.2. The second-order valence-corrected chi connectivity index (χ2v) is 22.1. The minimum absolute atomic E-state index is 0.0265. The summed E-state index contributed by atoms with van der Waals surface area (Å²) in [5.74, 6) is -11.6. The molecule has 0 spiro atoms. The SMILES string of the molecule is CC(C)C[C@@H]1NC(=O)[C@@H](Cc2ccccc2)NC(=O)[C@H](CCN)NC(=O)[C@@H](NC(=O)[C@H](CCN)NC(=O)[C@@H](NC(=O)[C@H](CCN)NC(=O)[C@H](CCN)NC(=O)[C@@H](N)CCN)[C@@H](C)O)CCNC(=O)[C@H]([C@@H](C)O)NC(=O)[C@H](CCN)NC(=O)[C@H](CCN)NC1=O. The molecule has 34 nitrogen and oxygen atoms in total. The third kappa shape index (κ3) is 27.0. The fourth-order valence-electron chi connectivity index (χ4n) is 9.17. The van der Waals surface area contributed by atoms with E-state index in [1.165, 1.54) is 6.92 Å². The highest BCUT2D eigenvalue weighted by Crippen LogP contribution is 2.12. The molecule has 2 rings (SSSR count). The van der Waals surface area contributed by atoms with Gasteiger partial charge in [-0.05, 0) is 129 Å². The number of aliphatic hydroxyl groups is 2. The Kier molecular flexibility index (Phi) is 35.6. The van der Waals surface area contributed by atoms with Gasteiger partial charge in [-0.1, -0.05) is 44.2 Å². The van der Waals surface area contributed by atoms with Crippen LogP contribution in [0.4, 0.5) is 0 Å². The number of aliphatic hydroxyl groups excluding tert-OH is 2. The molecule has 502 valence electrons. The summed E-state index contributed by atoms with van der Waals surface area (Å²) in [5, 5.41) is 51.7. The lowest BCUT2D eigenvalue weighted by atomic mass is 10.00. The molecule has 0 aliphatic carbocycles. The summed E-state index contributed by atoms with van der Waals surface area (Å²) < 4.78 is 0. The molecule has 14 atom stereocenters. The van der Waals surface area contributed by atoms with Gasteiger partial charge in [-0.2, -0.15) is 0 Å². The number of carbonyl (C=O) groups is 12. The van der Waals surface area contributed by atoms with E-state index in [1.54, 1.807) is 44.2 Å². The van der Waals surface area contributed by atoms with Crippen LogP contribution in [0.2, 0.25) is 0 Å². The number of hydrogen-bond acceptors (Lipinski definition) is 22. The topological polar surface area (TPSA) is 598 Å². The first kappa shape index (κ1) is 77.6. The Bertz CT molecular complexity index is 2480. The van der Waals surface area contributed by atoms with Crippen molar-refractivity contribution in [3.05, 3.63) is 35.9 Å². The van der Waals surface area contributed by atoms with Crippen molar-refractivity contribution in [2.24, 2.45) is 51.8 Å². The minimum Gasteiger partial charge on any atom is -0.391 e. The van der Waals surface area contributed by atoms with E-state index in [1.807, 2.05) is 0 Å². The van der Waals surface area contributed by atoms with Crippen LogP contribution < -0.4 is 110 Å². The van der Waals surface area contributed by atoms with E-state index in [0.717, 1.165) is 6.92 Å². The Hall–Kier alpha value is -7.54. The van der Waals surface area contributed by atoms with Crippen LogP contribution in [-0.2, 0) is 64.0 Å². The molecular formula is C55H98N20O14. The third-order valence-electron chi connectivity index (χ3n) is 14.1. The van der Waals surface area contributed by atoms with Crippen molar-refractivity contribution >= 4 is 70.9 Å². The van der Waals surface area contributed by atoms with Crippen LogP contribution in [0.1, 0.15) is 91.0 Å². The van der Waals surface area contributed by atoms with Gasteiger partial charge < -0.3 is 120 Å². The number of nitrogens with two attached hydrogens (primary N) is 8. The molecule has 1 fully saturated rings. The van der Waals surface area contributed by atoms with Crippen LogP contribution in [0, 0.1) is 5.92 Å². The first-order valence-corrected chi connectivity index (χ1v) is 29.9. The van der Waals surface area contributed by atoms with E-state index in [2.05, 4.69) is 63.8 Å². The summed E-state index contributed by atoms with van der Waals surface area (Å²) in [6.45, 7) is 4.39. The maximum atomic E-state index is 14.6. The highest BCUT2D eigenvalue weighted by atomic mass is 16.3. The van der Waals surface area contributed by atoms with Crippen LogP contribution in [0.25, 0.3) is 0 Å². The molecule has 1 aliphatic rings. The molecule has 89 heavy (non-hydrogen) atoms. The molecule has 30 N–H and O–H groups in total. The van der Waals surface area contributed by atoms with Crippen molar-refractivity contribution in [1.29, 1.82) is 0 Å². The summed E-state index contributed by atoms with van der Waals surface area (Å²) in [4.78, 5) is 168. The van der Waals surface area contributed by atoms with Crippen LogP contribution in [0.5, 0.6) is 0 Å². The molecule has 34 heteroatoms. The zero-order chi connectivity index (χ0) is 66.9. The summed E-state index contributed by atoms with van der Waals surface area (Å²) in [7, 11) is 0. The van der Waals surface area contributed by atoms with Crippen LogP contribution >= 0.6 is 0 Å². The molecule has 0 radical (unpaired) electrons. The summed E-state index contributed by atoms with van der Waals surface area (Å²) in [5.41, 5.74) is 47.0. The number of carbonyl (C=O) groups excluding carboxylic acids is 12. The second kappa shape index (κ2) is 40.9. The normalized spacial score (nSPS) is 22.7. The van der Waals surface area contributed by atoms with Crippen LogP contribution in [0.15, 0.2) is 30.3 Å². The number of hydrogen-bond donors (Lipinski definition) is 22. The quantitative estimate of drug-likeness (QED) is 0.0340. The van der Waals surface area contributed by atoms with Gasteiger partial charge in [0.2, 0.25) is 70.9 Å². The van der Waals surface area contributed by atoms with Crippen molar-refractivity contribution in [3.63, 3.8) is 0 Å². The van der Waals surface area contributed by atoms with Gasteiger partial charge in [-0.25, -0.2) is 0 Å². The highest BCUT2D eigenvalue weighted by molar-refractivity contribution is 6.00. The van der Waals surface area contributed by atoms with Gasteiger partial charge in [-0.15, -0.1) is 0 Å². The summed E-state index contributed by atoms with van der Waals surface area (Å²) in [6.07, 6.45) is -5.02. The Labute approximate surface area is 517 Å². The summed E-state index contributed by atoms with van der Waals surface area (Å²) >= 11 is 0. The lowest BCUT2D eigenvalue weighted by Gasteiger charge is -2.29. The van der Waals surface area contributed by atoms with Gasteiger partial charge in [0.25, 0.3) is 0 Å². The van der Waals surface area contributed by atoms with E-state index in [4.69, 9.17) is 45.9 Å². The zero-order valence-corrected chi connectivity index (χ0v) is 51.2. The van der Waals surface area contributed by atoms with Gasteiger partial charge in [0, 0.05) is 13.0 Å². The van der Waals surface area contributed by atoms with E-state index in [-0.39, 0.29) is 110 Å². The Morgan fingerprint density at radius 2 is 0.910 bits per heavy atom. The molecule has 1 saturated heterocycles. The van der Waals surface area contributed by atoms with E-state index in [0.29, 0.717) is 5.56 Å². The van der Waals surface area contributed by atoms with E-state index < -0.39 is 169 Å². The van der Waals surface area contributed by atoms with Crippen LogP contribution in [0.3, 0.4) is 0 Å². The molecule has 12 amide bonds. The standard InChI is InChI=1S/C55H98N20O14/c1-28(2)26-40-52(86)69-34(12-20-58)46(80)68-37(15-23-61)50(84)74-42(29(3)76)54(88)64-25-17-39(49(83)66-35(13-21-59)48(82)73-41(53(87)72-40)27-31-8-6-5-7-9-31)70-47(81)36(14-22-60)71-55(89)43(30(4)77)75-51(85)38(16-24-62)67-45(79)33(11-19-57)65-44(78)32(63)10-18-56/h5-9,28-30,32-43,76-77H,10-27,56-63H2,1-4H3,(H,64,88)(H,65,78)(H,66,83)(H,67,79)(H,68,80)(H,69,86)(H,70,81)(H,71,89)(H,72,87)(H,73,82)(H,74,84)(H,75,85)/t29-,30-,32+,33+,34+,35+,36+,37+,38+,39+,40+,41-,42+,43+/m1/s1.